The molecule has 2 aromatic heterocycles. The summed E-state index contributed by atoms with van der Waals surface area (Å²) in [5.41, 5.74) is 4.62. The highest BCUT2D eigenvalue weighted by molar-refractivity contribution is 7.09. The molecule has 1 unspecified atom stereocenters. The molecule has 6 heteroatoms. The number of hydrogen-bond acceptors (Lipinski definition) is 5. The highest BCUT2D eigenvalue weighted by atomic mass is 35.5. The summed E-state index contributed by atoms with van der Waals surface area (Å²) in [5, 5.41) is 4.73. The number of rotatable bonds is 4. The molecule has 0 aliphatic rings. The Balaban J connectivity index is 1.90. The normalized spacial score (nSPS) is 12.9. The number of hydrazine groups is 1. The van der Waals surface area contributed by atoms with Gasteiger partial charge in [-0.1, -0.05) is 11.6 Å². The molecule has 1 atom stereocenters. The number of benzene rings is 1. The van der Waals surface area contributed by atoms with Crippen molar-refractivity contribution in [1.82, 2.24) is 10.4 Å². The summed E-state index contributed by atoms with van der Waals surface area (Å²) in [4.78, 5) is 4.45. The van der Waals surface area contributed by atoms with Crippen molar-refractivity contribution < 1.29 is 4.42 Å². The Morgan fingerprint density at radius 2 is 2.30 bits per heavy atom. The van der Waals surface area contributed by atoms with Crippen molar-refractivity contribution in [2.24, 2.45) is 5.84 Å². The predicted octanol–water partition coefficient (Wildman–Crippen LogP) is 3.60. The highest BCUT2D eigenvalue weighted by Gasteiger charge is 2.17. The fourth-order valence-electron chi connectivity index (χ4n) is 2.12. The SMILES string of the molecule is Cc1csc(CC(NN)c2cc3cc(Cl)ccc3o2)n1. The minimum atomic E-state index is -0.105. The third-order valence-corrected chi connectivity index (χ3v) is 4.31. The fourth-order valence-corrected chi connectivity index (χ4v) is 3.12. The zero-order valence-corrected chi connectivity index (χ0v) is 12.5. The van der Waals surface area contributed by atoms with Crippen LogP contribution in [-0.2, 0) is 6.42 Å². The number of nitrogens with one attached hydrogen (secondary N) is 1. The van der Waals surface area contributed by atoms with Crippen molar-refractivity contribution in [3.8, 4) is 0 Å². The first-order valence-corrected chi connectivity index (χ1v) is 7.47. The van der Waals surface area contributed by atoms with Gasteiger partial charge in [-0.25, -0.2) is 10.4 Å². The molecule has 0 aliphatic heterocycles. The Hall–Kier alpha value is -1.40. The van der Waals surface area contributed by atoms with Crippen molar-refractivity contribution >= 4 is 33.9 Å². The Morgan fingerprint density at radius 3 is 3.00 bits per heavy atom. The third-order valence-electron chi connectivity index (χ3n) is 3.09. The number of aryl methyl sites for hydroxylation is 1. The van der Waals surface area contributed by atoms with Crippen LogP contribution in [-0.4, -0.2) is 4.98 Å². The van der Waals surface area contributed by atoms with E-state index in [-0.39, 0.29) is 6.04 Å². The first-order valence-electron chi connectivity index (χ1n) is 6.22. The lowest BCUT2D eigenvalue weighted by atomic mass is 10.1. The largest absolute Gasteiger partial charge is 0.459 e. The van der Waals surface area contributed by atoms with Crippen molar-refractivity contribution in [2.45, 2.75) is 19.4 Å². The molecule has 2 heterocycles. The van der Waals surface area contributed by atoms with Crippen LogP contribution >= 0.6 is 22.9 Å². The molecule has 0 amide bonds. The van der Waals surface area contributed by atoms with Crippen LogP contribution < -0.4 is 11.3 Å². The Kier molecular flexibility index (Phi) is 3.76. The molecule has 0 bridgehead atoms. The van der Waals surface area contributed by atoms with Crippen molar-refractivity contribution in [3.05, 3.63) is 51.1 Å². The highest BCUT2D eigenvalue weighted by Crippen LogP contribution is 2.28. The molecule has 3 N–H and O–H groups in total. The zero-order chi connectivity index (χ0) is 14.1. The van der Waals surface area contributed by atoms with Gasteiger partial charge < -0.3 is 4.42 Å². The van der Waals surface area contributed by atoms with Gasteiger partial charge in [-0.3, -0.25) is 5.84 Å². The van der Waals surface area contributed by atoms with Gasteiger partial charge in [0, 0.05) is 27.9 Å². The molecule has 0 aliphatic carbocycles. The van der Waals surface area contributed by atoms with Crippen LogP contribution in [0.15, 0.2) is 34.1 Å². The lowest BCUT2D eigenvalue weighted by Crippen LogP contribution is -2.29. The monoisotopic (exact) mass is 307 g/mol. The van der Waals surface area contributed by atoms with Gasteiger partial charge in [-0.05, 0) is 31.2 Å². The summed E-state index contributed by atoms with van der Waals surface area (Å²) < 4.78 is 5.83. The maximum absolute atomic E-state index is 5.98. The molecule has 0 fully saturated rings. The van der Waals surface area contributed by atoms with E-state index in [1.165, 1.54) is 0 Å². The fraction of sp³-hybridized carbons (Fsp3) is 0.214. The molecule has 0 spiro atoms. The summed E-state index contributed by atoms with van der Waals surface area (Å²) >= 11 is 7.61. The van der Waals surface area contributed by atoms with Gasteiger partial charge in [0.15, 0.2) is 0 Å². The van der Waals surface area contributed by atoms with Crippen molar-refractivity contribution in [1.29, 1.82) is 0 Å². The van der Waals surface area contributed by atoms with Gasteiger partial charge in [-0.15, -0.1) is 11.3 Å². The van der Waals surface area contributed by atoms with Crippen LogP contribution in [0, 0.1) is 6.92 Å². The van der Waals surface area contributed by atoms with E-state index < -0.39 is 0 Å². The predicted molar refractivity (Wildman–Crippen MR) is 81.8 cm³/mol. The zero-order valence-electron chi connectivity index (χ0n) is 10.9. The Morgan fingerprint density at radius 1 is 1.45 bits per heavy atom. The van der Waals surface area contributed by atoms with Gasteiger partial charge in [0.2, 0.25) is 0 Å². The number of furan rings is 1. The van der Waals surface area contributed by atoms with Crippen LogP contribution in [0.2, 0.25) is 5.02 Å². The second kappa shape index (κ2) is 5.54. The van der Waals surface area contributed by atoms with E-state index in [9.17, 15) is 0 Å². The lowest BCUT2D eigenvalue weighted by molar-refractivity contribution is 0.434. The number of nitrogens with two attached hydrogens (primary N) is 1. The topological polar surface area (TPSA) is 64.1 Å². The van der Waals surface area contributed by atoms with Crippen molar-refractivity contribution in [3.63, 3.8) is 0 Å². The van der Waals surface area contributed by atoms with Crippen LogP contribution in [0.4, 0.5) is 0 Å². The molecule has 104 valence electrons. The van der Waals surface area contributed by atoms with Crippen LogP contribution in [0.25, 0.3) is 11.0 Å². The molecule has 1 aromatic carbocycles. The Bertz CT molecular complexity index is 737. The van der Waals surface area contributed by atoms with Gasteiger partial charge in [-0.2, -0.15) is 0 Å². The standard InChI is InChI=1S/C14H14ClN3OS/c1-8-7-20-14(17-8)6-11(18-16)13-5-9-4-10(15)2-3-12(9)19-13/h2-5,7,11,18H,6,16H2,1H3. The minimum absolute atomic E-state index is 0.105. The molecule has 0 saturated carbocycles. The smallest absolute Gasteiger partial charge is 0.134 e. The van der Waals surface area contributed by atoms with E-state index in [4.69, 9.17) is 21.9 Å². The summed E-state index contributed by atoms with van der Waals surface area (Å²) in [6, 6.07) is 7.41. The quantitative estimate of drug-likeness (QED) is 0.571. The maximum Gasteiger partial charge on any atom is 0.134 e. The summed E-state index contributed by atoms with van der Waals surface area (Å²) in [5.74, 6) is 6.44. The number of halogens is 1. The summed E-state index contributed by atoms with van der Waals surface area (Å²) in [6.07, 6.45) is 0.697. The molecule has 0 radical (unpaired) electrons. The molecular formula is C14H14ClN3OS. The molecule has 20 heavy (non-hydrogen) atoms. The molecular weight excluding hydrogens is 294 g/mol. The minimum Gasteiger partial charge on any atom is -0.459 e. The van der Waals surface area contributed by atoms with Crippen LogP contribution in [0.1, 0.15) is 22.5 Å². The summed E-state index contributed by atoms with van der Waals surface area (Å²) in [6.45, 7) is 1.98. The number of fused-ring (bicyclic) bond motifs is 1. The van der Waals surface area contributed by atoms with Gasteiger partial charge >= 0.3 is 0 Å². The van der Waals surface area contributed by atoms with Gasteiger partial charge in [0.1, 0.15) is 11.3 Å². The first kappa shape index (κ1) is 13.6. The average Bonchev–Trinajstić information content (AvgIpc) is 3.01. The second-order valence-electron chi connectivity index (χ2n) is 4.64. The molecule has 3 rings (SSSR count). The van der Waals surface area contributed by atoms with E-state index >= 15 is 0 Å². The van der Waals surface area contributed by atoms with E-state index in [1.54, 1.807) is 11.3 Å². The Labute approximate surface area is 125 Å². The molecule has 0 saturated heterocycles. The number of aromatic nitrogens is 1. The van der Waals surface area contributed by atoms with Crippen molar-refractivity contribution in [2.75, 3.05) is 0 Å². The number of thiazole rings is 1. The molecule has 3 aromatic rings. The van der Waals surface area contributed by atoms with Crippen LogP contribution in [0.5, 0.6) is 0 Å². The average molecular weight is 308 g/mol. The summed E-state index contributed by atoms with van der Waals surface area (Å²) in [7, 11) is 0. The molecule has 4 nitrogen and oxygen atoms in total. The third kappa shape index (κ3) is 2.71. The van der Waals surface area contributed by atoms with E-state index in [2.05, 4.69) is 10.4 Å². The lowest BCUT2D eigenvalue weighted by Gasteiger charge is -2.10. The number of hydrogen-bond donors (Lipinski definition) is 2. The van der Waals surface area contributed by atoms with E-state index in [1.807, 2.05) is 36.6 Å². The number of nitrogens with zero attached hydrogens (tertiary/aromatic N) is 1. The van der Waals surface area contributed by atoms with Gasteiger partial charge in [0.25, 0.3) is 0 Å². The second-order valence-corrected chi connectivity index (χ2v) is 6.02. The van der Waals surface area contributed by atoms with Gasteiger partial charge in [0.05, 0.1) is 11.0 Å². The maximum atomic E-state index is 5.98. The first-order chi connectivity index (χ1) is 9.65. The van der Waals surface area contributed by atoms with E-state index in [0.717, 1.165) is 27.4 Å². The van der Waals surface area contributed by atoms with E-state index in [0.29, 0.717) is 11.4 Å². The van der Waals surface area contributed by atoms with Crippen LogP contribution in [0.3, 0.4) is 0 Å².